The number of benzene rings is 2. The van der Waals surface area contributed by atoms with Crippen LogP contribution in [0.1, 0.15) is 15.9 Å². The Morgan fingerprint density at radius 1 is 1.20 bits per heavy atom. The maximum absolute atomic E-state index is 12.0. The Hall–Kier alpha value is -2.01. The summed E-state index contributed by atoms with van der Waals surface area (Å²) in [5, 5.41) is 12.4. The van der Waals surface area contributed by atoms with Gasteiger partial charge in [-0.15, -0.1) is 0 Å². The molecule has 0 spiro atoms. The van der Waals surface area contributed by atoms with Crippen molar-refractivity contribution in [1.82, 2.24) is 5.32 Å². The topological polar surface area (TPSA) is 58.6 Å². The van der Waals surface area contributed by atoms with E-state index in [2.05, 4.69) is 21.2 Å². The molecule has 0 aliphatic heterocycles. The van der Waals surface area contributed by atoms with Crippen LogP contribution in [0.3, 0.4) is 0 Å². The van der Waals surface area contributed by atoms with E-state index in [1.54, 1.807) is 42.5 Å². The molecule has 20 heavy (non-hydrogen) atoms. The van der Waals surface area contributed by atoms with Crippen molar-refractivity contribution in [2.45, 2.75) is 6.54 Å². The summed E-state index contributed by atoms with van der Waals surface area (Å²) in [5.41, 5.74) is 1.56. The third-order valence-electron chi connectivity index (χ3n) is 2.75. The van der Waals surface area contributed by atoms with E-state index >= 15 is 0 Å². The smallest absolute Gasteiger partial charge is 0.251 e. The first-order valence-corrected chi connectivity index (χ1v) is 7.17. The molecule has 0 saturated heterocycles. The molecule has 2 N–H and O–H groups in total. The summed E-state index contributed by atoms with van der Waals surface area (Å²) in [6.07, 6.45) is 0. The predicted octanol–water partition coefficient (Wildman–Crippen LogP) is 3.05. The van der Waals surface area contributed by atoms with Gasteiger partial charge in [-0.3, -0.25) is 4.79 Å². The normalized spacial score (nSPS) is 10.1. The van der Waals surface area contributed by atoms with E-state index in [9.17, 15) is 9.90 Å². The quantitative estimate of drug-likeness (QED) is 0.825. The first-order chi connectivity index (χ1) is 9.70. The SMILES string of the molecule is O=C(NCc1ccccc1O)c1cccc(OCBr)c1. The molecule has 2 aromatic carbocycles. The average molecular weight is 336 g/mol. The van der Waals surface area contributed by atoms with Gasteiger partial charge in [0.2, 0.25) is 0 Å². The minimum Gasteiger partial charge on any atom is -0.508 e. The standard InChI is InChI=1S/C15H14BrNO3/c16-10-20-13-6-3-5-11(8-13)15(19)17-9-12-4-1-2-7-14(12)18/h1-8,18H,9-10H2,(H,17,19). The number of nitrogens with one attached hydrogen (secondary N) is 1. The first kappa shape index (κ1) is 14.4. The summed E-state index contributed by atoms with van der Waals surface area (Å²) in [4.78, 5) is 12.0. The number of phenols is 1. The largest absolute Gasteiger partial charge is 0.508 e. The van der Waals surface area contributed by atoms with Crippen LogP contribution in [-0.4, -0.2) is 16.5 Å². The fourth-order valence-electron chi connectivity index (χ4n) is 1.73. The van der Waals surface area contributed by atoms with E-state index in [0.29, 0.717) is 22.4 Å². The lowest BCUT2D eigenvalue weighted by Crippen LogP contribution is -2.22. The van der Waals surface area contributed by atoms with Crippen LogP contribution in [-0.2, 0) is 6.54 Å². The number of para-hydroxylation sites is 1. The number of ether oxygens (including phenoxy) is 1. The van der Waals surface area contributed by atoms with Gasteiger partial charge in [-0.25, -0.2) is 0 Å². The zero-order chi connectivity index (χ0) is 14.4. The molecule has 2 aromatic rings. The lowest BCUT2D eigenvalue weighted by atomic mass is 10.1. The Labute approximate surface area is 125 Å². The Kier molecular flexibility index (Phi) is 5.01. The molecule has 0 bridgehead atoms. The van der Waals surface area contributed by atoms with Gasteiger partial charge in [0, 0.05) is 17.7 Å². The number of halogens is 1. The first-order valence-electron chi connectivity index (χ1n) is 6.04. The van der Waals surface area contributed by atoms with Crippen LogP contribution < -0.4 is 10.1 Å². The van der Waals surface area contributed by atoms with Crippen molar-refractivity contribution < 1.29 is 14.6 Å². The number of rotatable bonds is 5. The molecule has 2 rings (SSSR count). The number of phenolic OH excluding ortho intramolecular Hbond substituents is 1. The van der Waals surface area contributed by atoms with E-state index in [0.717, 1.165) is 0 Å². The molecule has 5 heteroatoms. The average Bonchev–Trinajstić information content (AvgIpc) is 2.47. The summed E-state index contributed by atoms with van der Waals surface area (Å²) in [6, 6.07) is 13.8. The third kappa shape index (κ3) is 3.74. The van der Waals surface area contributed by atoms with Crippen LogP contribution in [0.25, 0.3) is 0 Å². The highest BCUT2D eigenvalue weighted by molar-refractivity contribution is 9.09. The van der Waals surface area contributed by atoms with Gasteiger partial charge in [0.15, 0.2) is 0 Å². The highest BCUT2D eigenvalue weighted by Crippen LogP contribution is 2.16. The van der Waals surface area contributed by atoms with Crippen molar-refractivity contribution in [3.05, 3.63) is 59.7 Å². The third-order valence-corrected chi connectivity index (χ3v) is 2.98. The molecular weight excluding hydrogens is 322 g/mol. The zero-order valence-corrected chi connectivity index (χ0v) is 12.3. The van der Waals surface area contributed by atoms with E-state index in [-0.39, 0.29) is 18.2 Å². The molecule has 0 atom stereocenters. The van der Waals surface area contributed by atoms with Crippen molar-refractivity contribution >= 4 is 21.8 Å². The molecule has 0 heterocycles. The molecule has 0 aromatic heterocycles. The molecule has 0 fully saturated rings. The number of alkyl halides is 1. The van der Waals surface area contributed by atoms with Crippen LogP contribution in [0.5, 0.6) is 11.5 Å². The van der Waals surface area contributed by atoms with Crippen LogP contribution in [0.2, 0.25) is 0 Å². The van der Waals surface area contributed by atoms with Crippen molar-refractivity contribution in [2.24, 2.45) is 0 Å². The molecule has 0 radical (unpaired) electrons. The van der Waals surface area contributed by atoms with Gasteiger partial charge >= 0.3 is 0 Å². The zero-order valence-electron chi connectivity index (χ0n) is 10.7. The molecular formula is C15H14BrNO3. The molecule has 1 amide bonds. The highest BCUT2D eigenvalue weighted by atomic mass is 79.9. The lowest BCUT2D eigenvalue weighted by Gasteiger charge is -2.08. The fourth-order valence-corrected chi connectivity index (χ4v) is 1.99. The van der Waals surface area contributed by atoms with Crippen molar-refractivity contribution in [3.63, 3.8) is 0 Å². The van der Waals surface area contributed by atoms with Crippen LogP contribution in [0, 0.1) is 0 Å². The molecule has 0 saturated carbocycles. The van der Waals surface area contributed by atoms with Gasteiger partial charge in [-0.2, -0.15) is 0 Å². The number of hydrogen-bond acceptors (Lipinski definition) is 3. The Morgan fingerprint density at radius 3 is 2.75 bits per heavy atom. The van der Waals surface area contributed by atoms with Gasteiger partial charge in [0.25, 0.3) is 5.91 Å². The monoisotopic (exact) mass is 335 g/mol. The maximum atomic E-state index is 12.0. The van der Waals surface area contributed by atoms with E-state index in [1.807, 2.05) is 6.07 Å². The second-order valence-electron chi connectivity index (χ2n) is 4.09. The van der Waals surface area contributed by atoms with Crippen molar-refractivity contribution in [2.75, 3.05) is 5.52 Å². The Bertz CT molecular complexity index is 601. The van der Waals surface area contributed by atoms with Crippen LogP contribution >= 0.6 is 15.9 Å². The number of amides is 1. The van der Waals surface area contributed by atoms with E-state index in [1.165, 1.54) is 0 Å². The number of aromatic hydroxyl groups is 1. The predicted molar refractivity (Wildman–Crippen MR) is 80.1 cm³/mol. The second-order valence-corrected chi connectivity index (χ2v) is 4.55. The number of hydrogen-bond donors (Lipinski definition) is 2. The summed E-state index contributed by atoms with van der Waals surface area (Å²) >= 11 is 3.17. The molecule has 0 unspecified atom stereocenters. The Balaban J connectivity index is 2.01. The summed E-state index contributed by atoms with van der Waals surface area (Å²) in [5.74, 6) is 0.578. The minimum atomic E-state index is -0.215. The molecule has 4 nitrogen and oxygen atoms in total. The summed E-state index contributed by atoms with van der Waals surface area (Å²) < 4.78 is 5.28. The molecule has 0 aliphatic carbocycles. The fraction of sp³-hybridized carbons (Fsp3) is 0.133. The van der Waals surface area contributed by atoms with E-state index in [4.69, 9.17) is 4.74 Å². The number of carbonyl (C=O) groups excluding carboxylic acids is 1. The van der Waals surface area contributed by atoms with Crippen molar-refractivity contribution in [3.8, 4) is 11.5 Å². The summed E-state index contributed by atoms with van der Waals surface area (Å²) in [7, 11) is 0. The van der Waals surface area contributed by atoms with Gasteiger partial charge in [0.1, 0.15) is 17.0 Å². The minimum absolute atomic E-state index is 0.171. The molecule has 0 aliphatic rings. The molecule has 104 valence electrons. The van der Waals surface area contributed by atoms with E-state index < -0.39 is 0 Å². The van der Waals surface area contributed by atoms with Gasteiger partial charge in [0.05, 0.1) is 0 Å². The number of carbonyl (C=O) groups is 1. The van der Waals surface area contributed by atoms with Crippen LogP contribution in [0.4, 0.5) is 0 Å². The van der Waals surface area contributed by atoms with Gasteiger partial charge < -0.3 is 15.2 Å². The van der Waals surface area contributed by atoms with Gasteiger partial charge in [-0.1, -0.05) is 24.3 Å². The summed E-state index contributed by atoms with van der Waals surface area (Å²) in [6.45, 7) is 0.273. The highest BCUT2D eigenvalue weighted by Gasteiger charge is 2.07. The maximum Gasteiger partial charge on any atom is 0.251 e. The second kappa shape index (κ2) is 6.96. The van der Waals surface area contributed by atoms with Gasteiger partial charge in [-0.05, 0) is 40.2 Å². The van der Waals surface area contributed by atoms with Crippen molar-refractivity contribution in [1.29, 1.82) is 0 Å². The lowest BCUT2D eigenvalue weighted by molar-refractivity contribution is 0.0950. The Morgan fingerprint density at radius 2 is 2.00 bits per heavy atom. The van der Waals surface area contributed by atoms with Crippen LogP contribution in [0.15, 0.2) is 48.5 Å².